The molecule has 0 saturated carbocycles. The first-order valence-corrected chi connectivity index (χ1v) is 55.2. The molecule has 0 atom stereocenters. The summed E-state index contributed by atoms with van der Waals surface area (Å²) >= 11 is 5.88. The van der Waals surface area contributed by atoms with Gasteiger partial charge in [-0.2, -0.15) is 0 Å². The first-order chi connectivity index (χ1) is 63.7. The lowest BCUT2D eigenvalue weighted by Gasteiger charge is -2.10. The van der Waals surface area contributed by atoms with Crippen LogP contribution in [-0.4, -0.2) is 97.3 Å². The maximum absolute atomic E-state index is 13.0. The Bertz CT molecular complexity index is 7930. The zero-order chi connectivity index (χ0) is 98.5. The van der Waals surface area contributed by atoms with Crippen molar-refractivity contribution in [2.24, 2.45) is 0 Å². The van der Waals surface area contributed by atoms with E-state index < -0.39 is 88.7 Å². The first-order valence-electron chi connectivity index (χ1n) is 40.9. The molecule has 22 nitrogen and oxygen atoms in total. The molecule has 32 heteroatoms. The van der Waals surface area contributed by atoms with Gasteiger partial charge in [-0.3, -0.25) is 4.72 Å². The molecule has 0 heterocycles. The number of sulfone groups is 8. The number of rotatable bonds is 19. The van der Waals surface area contributed by atoms with Crippen molar-refractivity contribution in [3.63, 3.8) is 0 Å². The van der Waals surface area contributed by atoms with Crippen LogP contribution in [0.2, 0.25) is 5.02 Å². The van der Waals surface area contributed by atoms with Gasteiger partial charge in [0, 0.05) is 11.9 Å². The highest BCUT2D eigenvalue weighted by Crippen LogP contribution is 2.37. The molecule has 135 heavy (non-hydrogen) atoms. The molecule has 16 rings (SSSR count). The number of hydrogen-bond acceptors (Lipinski definition) is 21. The summed E-state index contributed by atoms with van der Waals surface area (Å²) in [4.78, 5) is 2.04. The van der Waals surface area contributed by atoms with Crippen LogP contribution in [0.1, 0.15) is 44.5 Å². The molecule has 0 radical (unpaired) electrons. The van der Waals surface area contributed by atoms with Crippen LogP contribution < -0.4 is 4.72 Å². The van der Waals surface area contributed by atoms with Gasteiger partial charge in [-0.25, -0.2) is 75.8 Å². The van der Waals surface area contributed by atoms with E-state index in [0.717, 1.165) is 50.4 Å². The fourth-order valence-electron chi connectivity index (χ4n) is 13.0. The number of aromatic hydroxyl groups is 3. The van der Waals surface area contributed by atoms with Gasteiger partial charge >= 0.3 is 0 Å². The van der Waals surface area contributed by atoms with Gasteiger partial charge in [0.2, 0.25) is 59.0 Å². The third-order valence-corrected chi connectivity index (χ3v) is 36.0. The maximum Gasteiger partial charge on any atom is 0.261 e. The third-order valence-electron chi connectivity index (χ3n) is 20.3. The number of benzene rings is 16. The third kappa shape index (κ3) is 26.9. The molecule has 4 N–H and O–H groups in total. The van der Waals surface area contributed by atoms with Gasteiger partial charge in [-0.15, -0.1) is 0 Å². The van der Waals surface area contributed by atoms with Gasteiger partial charge in [-0.05, 0) is 280 Å². The highest BCUT2D eigenvalue weighted by Gasteiger charge is 2.28. The van der Waals surface area contributed by atoms with Crippen LogP contribution in [-0.2, 0) is 94.5 Å². The Morgan fingerprint density at radius 3 is 0.963 bits per heavy atom. The number of phenolic OH excluding ortho intramolecular Hbond substituents is 3. The molecule has 0 unspecified atom stereocenters. The van der Waals surface area contributed by atoms with E-state index in [9.17, 15) is 91.1 Å². The SMILES string of the molecule is CS(=O)(=O)c1ccc(S(=O)(=O)c2ccccc2)cc1.Cc1ccc(O)c(S(=O)(=O)c2cc(C)ccc2O)c1.Cc1ccc(O)c(S(=O)(=O)c2ccccc2)c1.Cc1ccc(S(=O)(=O)Nc2ccc(S(=O)(=O)c3ccc4ccccc4c3)cc2)cc1.Cc1ccccc1CS(=O)(=O)c1ccccc1.Cc1ccccc1S(=O)(=O)c1ccccc1C.O=S(=O)(c1ccccc1)c1ccccc1Cl. The van der Waals surface area contributed by atoms with Crippen molar-refractivity contribution >= 4 is 117 Å². The normalized spacial score (nSPS) is 11.7. The van der Waals surface area contributed by atoms with Crippen LogP contribution in [0.15, 0.2) is 462 Å². The number of aryl methyl sites for hydroxylation is 7. The lowest BCUT2D eigenvalue weighted by molar-refractivity contribution is 0.452. The van der Waals surface area contributed by atoms with Crippen LogP contribution in [0, 0.1) is 48.5 Å². The predicted molar refractivity (Wildman–Crippen MR) is 525 cm³/mol. The summed E-state index contributed by atoms with van der Waals surface area (Å²) in [5, 5.41) is 31.1. The van der Waals surface area contributed by atoms with Crippen molar-refractivity contribution < 1.29 is 91.1 Å². The van der Waals surface area contributed by atoms with Crippen molar-refractivity contribution in [2.45, 2.75) is 128 Å². The molecule has 0 fully saturated rings. The Morgan fingerprint density at radius 1 is 0.237 bits per heavy atom. The van der Waals surface area contributed by atoms with Gasteiger partial charge in [0.1, 0.15) is 31.9 Å². The molecule has 0 aliphatic rings. The standard InChI is InChI=1S/C23H19NO4S2.C14H14O4S.2C14H14O2S.C13H12O4S2.C13H12O3S.C12H9ClO2S/c1-17-6-11-22(12-7-17)30(27,28)24-20-9-14-21(15-10-20)29(25,26)23-13-8-18-4-2-3-5-19(18)16-23;1-9-3-5-11(15)13(7-9)19(17,18)14-8-10(2)4-6-12(14)16;1-11-7-3-5-9-13(11)17(15,16)14-10-6-4-8-12(14)2;1-12-7-5-6-8-13(12)11-17(15,16)14-9-3-2-4-10-14;1-18(14,15)11-7-9-13(10-8-11)19(16,17)12-5-3-2-4-6-12;1-10-7-8-12(14)13(9-10)17(15,16)11-5-3-2-4-6-11;13-11-8-4-5-9-12(11)16(14,15)10-6-2-1-3-7-10/h2-16,24H,1H3;3-8,15-16H,1-2H3;3-10H,1-2H3;2-10H,11H2,1H3;2-10H,1H3;2-9,14H,1H3;1-9H. The van der Waals surface area contributed by atoms with Crippen LogP contribution in [0.3, 0.4) is 0 Å². The predicted octanol–water partition coefficient (Wildman–Crippen LogP) is 21.1. The molecule has 0 aliphatic carbocycles. The molecule has 698 valence electrons. The van der Waals surface area contributed by atoms with Gasteiger partial charge < -0.3 is 15.3 Å². The van der Waals surface area contributed by atoms with Crippen molar-refractivity contribution in [3.05, 3.63) is 438 Å². The van der Waals surface area contributed by atoms with Gasteiger partial charge in [0.15, 0.2) is 19.7 Å². The summed E-state index contributed by atoms with van der Waals surface area (Å²) in [6.07, 6.45) is 1.08. The van der Waals surface area contributed by atoms with Crippen molar-refractivity contribution in [2.75, 3.05) is 11.0 Å². The minimum absolute atomic E-state index is 0.0521. The Balaban J connectivity index is 0.000000165. The van der Waals surface area contributed by atoms with Crippen LogP contribution in [0.5, 0.6) is 17.2 Å². The second-order valence-corrected chi connectivity index (χ2v) is 48.1. The lowest BCUT2D eigenvalue weighted by Crippen LogP contribution is -2.13. The van der Waals surface area contributed by atoms with Crippen LogP contribution in [0.25, 0.3) is 10.8 Å². The second-order valence-electron chi connectivity index (χ2n) is 30.5. The maximum atomic E-state index is 13.0. The Hall–Kier alpha value is -13.2. The van der Waals surface area contributed by atoms with Crippen LogP contribution in [0.4, 0.5) is 5.69 Å². The van der Waals surface area contributed by atoms with Crippen molar-refractivity contribution in [1.82, 2.24) is 0 Å². The zero-order valence-corrected chi connectivity index (χ0v) is 82.0. The molecule has 0 amide bonds. The second kappa shape index (κ2) is 44.8. The summed E-state index contributed by atoms with van der Waals surface area (Å²) in [6, 6.07) is 104. The average Bonchev–Trinajstić information content (AvgIpc) is 0.763. The first kappa shape index (κ1) is 104. The lowest BCUT2D eigenvalue weighted by atomic mass is 10.1. The molecular formula is C103H94ClNO21S9. The van der Waals surface area contributed by atoms with E-state index in [-0.39, 0.29) is 92.5 Å². The Morgan fingerprint density at radius 2 is 0.541 bits per heavy atom. The van der Waals surface area contributed by atoms with E-state index in [1.54, 1.807) is 203 Å². The Labute approximate surface area is 794 Å². The number of halogens is 1. The summed E-state index contributed by atoms with van der Waals surface area (Å²) in [6.45, 7) is 12.7. The van der Waals surface area contributed by atoms with E-state index in [1.165, 1.54) is 127 Å². The summed E-state index contributed by atoms with van der Waals surface area (Å²) in [7, 11) is -32.1. The number of hydrogen-bond donors (Lipinski definition) is 4. The van der Waals surface area contributed by atoms with Gasteiger partial charge in [0.25, 0.3) is 10.0 Å². The highest BCUT2D eigenvalue weighted by molar-refractivity contribution is 7.94. The quantitative estimate of drug-likeness (QED) is 0.0584. The molecule has 16 aromatic carbocycles. The number of fused-ring (bicyclic) bond motifs is 1. The van der Waals surface area contributed by atoms with E-state index >= 15 is 0 Å². The van der Waals surface area contributed by atoms with Gasteiger partial charge in [-0.1, -0.05) is 223 Å². The number of nitrogens with one attached hydrogen (secondary N) is 1. The highest BCUT2D eigenvalue weighted by atomic mass is 35.5. The van der Waals surface area contributed by atoms with Gasteiger partial charge in [0.05, 0.1) is 69.5 Å². The average molecular weight is 2010 g/mol. The van der Waals surface area contributed by atoms with E-state index in [4.69, 9.17) is 11.6 Å². The smallest absolute Gasteiger partial charge is 0.261 e. The Kier molecular flexibility index (Phi) is 34.5. The topological polar surface area (TPSA) is 380 Å². The summed E-state index contributed by atoms with van der Waals surface area (Å²) in [5.41, 5.74) is 6.87. The molecule has 0 aliphatic heterocycles. The summed E-state index contributed by atoms with van der Waals surface area (Å²) < 4.78 is 224. The zero-order valence-electron chi connectivity index (χ0n) is 73.9. The number of sulfonamides is 1. The fraction of sp³-hybridized carbons (Fsp3) is 0.0874. The van der Waals surface area contributed by atoms with Crippen molar-refractivity contribution in [1.29, 1.82) is 0 Å². The molecule has 0 aromatic heterocycles. The molecular weight excluding hydrogens is 1910 g/mol. The van der Waals surface area contributed by atoms with E-state index in [1.807, 2.05) is 107 Å². The molecule has 0 spiro atoms. The van der Waals surface area contributed by atoms with Crippen molar-refractivity contribution in [3.8, 4) is 17.2 Å². The monoisotopic (exact) mass is 2000 g/mol. The number of anilines is 1. The molecule has 16 aromatic rings. The summed E-state index contributed by atoms with van der Waals surface area (Å²) in [5.74, 6) is -0.818. The van der Waals surface area contributed by atoms with E-state index in [0.29, 0.717) is 25.8 Å². The fourth-order valence-corrected chi connectivity index (χ4v) is 25.3. The molecule has 0 saturated heterocycles. The number of phenols is 3. The largest absolute Gasteiger partial charge is 0.507 e. The minimum atomic E-state index is -3.95. The van der Waals surface area contributed by atoms with Crippen LogP contribution >= 0.6 is 11.6 Å². The minimum Gasteiger partial charge on any atom is -0.507 e. The molecule has 0 bridgehead atoms. The van der Waals surface area contributed by atoms with E-state index in [2.05, 4.69) is 4.72 Å².